The predicted octanol–water partition coefficient (Wildman–Crippen LogP) is 2.94. The Bertz CT molecular complexity index is 407. The maximum Gasteiger partial charge on any atom is 0.251 e. The quantitative estimate of drug-likeness (QED) is 0.809. The van der Waals surface area contributed by atoms with Crippen LogP contribution in [0.4, 0.5) is 0 Å². The summed E-state index contributed by atoms with van der Waals surface area (Å²) in [5.41, 5.74) is 0.576. The van der Waals surface area contributed by atoms with Crippen molar-refractivity contribution in [2.24, 2.45) is 5.92 Å². The van der Waals surface area contributed by atoms with E-state index in [0.717, 1.165) is 19.5 Å². The van der Waals surface area contributed by atoms with Crippen molar-refractivity contribution in [2.75, 3.05) is 26.7 Å². The third-order valence-electron chi connectivity index (χ3n) is 2.97. The Balaban J connectivity index is 0. The van der Waals surface area contributed by atoms with Gasteiger partial charge in [0.2, 0.25) is 0 Å². The molecule has 1 amide bonds. The molecular weight excluding hydrogens is 292 g/mol. The molecule has 0 aliphatic carbocycles. The second kappa shape index (κ2) is 15.0. The third kappa shape index (κ3) is 11.4. The van der Waals surface area contributed by atoms with Crippen molar-refractivity contribution in [1.29, 1.82) is 0 Å². The van der Waals surface area contributed by atoms with Crippen LogP contribution in [0.25, 0.3) is 0 Å². The van der Waals surface area contributed by atoms with Crippen molar-refractivity contribution in [3.63, 3.8) is 0 Å². The molecule has 0 saturated carbocycles. The molecule has 0 heterocycles. The van der Waals surface area contributed by atoms with Crippen LogP contribution in [0.3, 0.4) is 0 Å². The smallest absolute Gasteiger partial charge is 0.251 e. The number of phenols is 1. The van der Waals surface area contributed by atoms with Crippen molar-refractivity contribution in [1.82, 2.24) is 10.2 Å². The summed E-state index contributed by atoms with van der Waals surface area (Å²) in [5, 5.41) is 12.1. The summed E-state index contributed by atoms with van der Waals surface area (Å²) in [5.74, 6) is 0.494. The fourth-order valence-corrected chi connectivity index (χ4v) is 2.05. The van der Waals surface area contributed by atoms with Crippen LogP contribution in [-0.4, -0.2) is 49.4 Å². The molecular formula is C18H32N2O3. The van der Waals surface area contributed by atoms with Gasteiger partial charge in [0.05, 0.1) is 0 Å². The van der Waals surface area contributed by atoms with Crippen LogP contribution in [0.1, 0.15) is 44.5 Å². The first kappa shape index (κ1) is 23.4. The van der Waals surface area contributed by atoms with Crippen molar-refractivity contribution < 1.29 is 14.7 Å². The van der Waals surface area contributed by atoms with E-state index in [1.807, 2.05) is 20.6 Å². The third-order valence-corrected chi connectivity index (χ3v) is 2.97. The summed E-state index contributed by atoms with van der Waals surface area (Å²) in [6.07, 6.45) is 1.14. The number of hydrogen-bond acceptors (Lipinski definition) is 4. The maximum atomic E-state index is 11.9. The molecule has 0 fully saturated rings. The zero-order valence-electron chi connectivity index (χ0n) is 15.1. The predicted molar refractivity (Wildman–Crippen MR) is 95.9 cm³/mol. The highest BCUT2D eigenvalue weighted by Crippen LogP contribution is 2.09. The molecule has 23 heavy (non-hydrogen) atoms. The largest absolute Gasteiger partial charge is 0.508 e. The van der Waals surface area contributed by atoms with Gasteiger partial charge < -0.3 is 20.1 Å². The molecule has 0 saturated heterocycles. The van der Waals surface area contributed by atoms with Gasteiger partial charge in [-0.2, -0.15) is 0 Å². The van der Waals surface area contributed by atoms with Crippen LogP contribution in [0.2, 0.25) is 0 Å². The van der Waals surface area contributed by atoms with Crippen molar-refractivity contribution >= 4 is 12.7 Å². The summed E-state index contributed by atoms with van der Waals surface area (Å²) < 4.78 is 0. The minimum atomic E-state index is -0.0926. The molecule has 0 aromatic heterocycles. The first-order valence-corrected chi connectivity index (χ1v) is 8.07. The number of phenolic OH excluding ortho intramolecular Hbond substituents is 1. The molecule has 1 atom stereocenters. The Hall–Kier alpha value is -1.88. The van der Waals surface area contributed by atoms with Gasteiger partial charge in [0.15, 0.2) is 0 Å². The van der Waals surface area contributed by atoms with Crippen LogP contribution in [0, 0.1) is 5.92 Å². The second-order valence-corrected chi connectivity index (χ2v) is 5.12. The van der Waals surface area contributed by atoms with Gasteiger partial charge in [-0.3, -0.25) is 4.79 Å². The monoisotopic (exact) mass is 324 g/mol. The van der Waals surface area contributed by atoms with E-state index in [1.165, 1.54) is 12.1 Å². The Labute approximate surface area is 140 Å². The average Bonchev–Trinajstić information content (AvgIpc) is 2.57. The fourth-order valence-electron chi connectivity index (χ4n) is 2.05. The van der Waals surface area contributed by atoms with E-state index in [0.29, 0.717) is 18.0 Å². The van der Waals surface area contributed by atoms with E-state index >= 15 is 0 Å². The zero-order chi connectivity index (χ0) is 18.3. The number of nitrogens with zero attached hydrogens (tertiary/aromatic N) is 1. The molecule has 0 aliphatic rings. The van der Waals surface area contributed by atoms with Gasteiger partial charge in [0.1, 0.15) is 12.5 Å². The molecule has 1 unspecified atom stereocenters. The molecule has 0 spiro atoms. The lowest BCUT2D eigenvalue weighted by molar-refractivity contribution is -0.0980. The standard InChI is InChI=1S/C15H24N2O2.C2H6.CH2O/c1-4-9-17(3)11-12(2)10-16-15(19)13-5-7-14(18)8-6-13;2*1-2/h5-8,12,18H,4,9-11H2,1-3H3,(H,16,19);1-2H3;1H2. The number of carbonyl (C=O) groups is 2. The fraction of sp³-hybridized carbons (Fsp3) is 0.556. The molecule has 0 aliphatic heterocycles. The topological polar surface area (TPSA) is 69.6 Å². The molecule has 2 N–H and O–H groups in total. The lowest BCUT2D eigenvalue weighted by Crippen LogP contribution is -2.34. The summed E-state index contributed by atoms with van der Waals surface area (Å²) in [7, 11) is 2.10. The van der Waals surface area contributed by atoms with Crippen LogP contribution < -0.4 is 5.32 Å². The van der Waals surface area contributed by atoms with Gasteiger partial charge >= 0.3 is 0 Å². The summed E-state index contributed by atoms with van der Waals surface area (Å²) >= 11 is 0. The Morgan fingerprint density at radius 1 is 1.26 bits per heavy atom. The average molecular weight is 324 g/mol. The van der Waals surface area contributed by atoms with Crippen LogP contribution in [0.5, 0.6) is 5.75 Å². The normalized spacial score (nSPS) is 10.7. The van der Waals surface area contributed by atoms with E-state index < -0.39 is 0 Å². The molecule has 132 valence electrons. The van der Waals surface area contributed by atoms with Crippen LogP contribution in [-0.2, 0) is 4.79 Å². The van der Waals surface area contributed by atoms with E-state index in [4.69, 9.17) is 9.90 Å². The van der Waals surface area contributed by atoms with Crippen LogP contribution >= 0.6 is 0 Å². The number of benzene rings is 1. The van der Waals surface area contributed by atoms with Crippen molar-refractivity contribution in [2.45, 2.75) is 34.1 Å². The molecule has 5 nitrogen and oxygen atoms in total. The van der Waals surface area contributed by atoms with Crippen molar-refractivity contribution in [3.05, 3.63) is 29.8 Å². The van der Waals surface area contributed by atoms with Gasteiger partial charge in [0.25, 0.3) is 5.91 Å². The van der Waals surface area contributed by atoms with Gasteiger partial charge in [-0.1, -0.05) is 27.7 Å². The first-order chi connectivity index (χ1) is 11.0. The molecule has 1 rings (SSSR count). The highest BCUT2D eigenvalue weighted by Gasteiger charge is 2.09. The molecule has 1 aromatic rings. The Morgan fingerprint density at radius 3 is 2.26 bits per heavy atom. The van der Waals surface area contributed by atoms with Gasteiger partial charge in [-0.15, -0.1) is 0 Å². The minimum absolute atomic E-state index is 0.0926. The highest BCUT2D eigenvalue weighted by molar-refractivity contribution is 5.94. The minimum Gasteiger partial charge on any atom is -0.508 e. The van der Waals surface area contributed by atoms with Crippen LogP contribution in [0.15, 0.2) is 24.3 Å². The van der Waals surface area contributed by atoms with E-state index in [-0.39, 0.29) is 11.7 Å². The second-order valence-electron chi connectivity index (χ2n) is 5.12. The lowest BCUT2D eigenvalue weighted by atomic mass is 10.1. The number of nitrogens with one attached hydrogen (secondary N) is 1. The Kier molecular flexibility index (Phi) is 15.3. The number of hydrogen-bond donors (Lipinski definition) is 2. The number of amides is 1. The molecule has 1 aromatic carbocycles. The molecule has 0 bridgehead atoms. The summed E-state index contributed by atoms with van der Waals surface area (Å²) in [6, 6.07) is 6.29. The van der Waals surface area contributed by atoms with Crippen molar-refractivity contribution in [3.8, 4) is 5.75 Å². The van der Waals surface area contributed by atoms with Gasteiger partial charge in [-0.25, -0.2) is 0 Å². The summed E-state index contributed by atoms with van der Waals surface area (Å²) in [4.78, 5) is 22.1. The SMILES string of the molecule is C=O.CC.CCCN(C)CC(C)CNC(=O)c1ccc(O)cc1. The highest BCUT2D eigenvalue weighted by atomic mass is 16.3. The van der Waals surface area contributed by atoms with Gasteiger partial charge in [-0.05, 0) is 50.2 Å². The van der Waals surface area contributed by atoms with Gasteiger partial charge in [0, 0.05) is 18.7 Å². The molecule has 5 heteroatoms. The number of aromatic hydroxyl groups is 1. The lowest BCUT2D eigenvalue weighted by Gasteiger charge is -2.20. The number of carbonyl (C=O) groups excluding carboxylic acids is 2. The number of rotatable bonds is 7. The van der Waals surface area contributed by atoms with E-state index in [2.05, 4.69) is 31.1 Å². The van der Waals surface area contributed by atoms with E-state index in [9.17, 15) is 4.79 Å². The molecule has 0 radical (unpaired) electrons. The Morgan fingerprint density at radius 2 is 1.78 bits per heavy atom. The maximum absolute atomic E-state index is 11.9. The first-order valence-electron chi connectivity index (χ1n) is 8.07. The zero-order valence-corrected chi connectivity index (χ0v) is 15.1. The van der Waals surface area contributed by atoms with E-state index in [1.54, 1.807) is 12.1 Å². The summed E-state index contributed by atoms with van der Waals surface area (Å²) in [6.45, 7) is 13.0.